The van der Waals surface area contributed by atoms with Gasteiger partial charge in [0.1, 0.15) is 0 Å². The molecule has 1 N–H and O–H groups in total. The third-order valence-corrected chi connectivity index (χ3v) is 3.41. The molecule has 19 heavy (non-hydrogen) atoms. The summed E-state index contributed by atoms with van der Waals surface area (Å²) in [7, 11) is 0. The SMILES string of the molecule is CCCNCC(c1ccccc1)N(CCC)CCC. The molecule has 0 bridgehead atoms. The minimum Gasteiger partial charge on any atom is -0.315 e. The lowest BCUT2D eigenvalue weighted by atomic mass is 10.0. The third-order valence-electron chi connectivity index (χ3n) is 3.41. The molecule has 0 saturated heterocycles. The van der Waals surface area contributed by atoms with Crippen molar-refractivity contribution in [1.29, 1.82) is 0 Å². The molecular weight excluding hydrogens is 232 g/mol. The van der Waals surface area contributed by atoms with Gasteiger partial charge in [-0.15, -0.1) is 0 Å². The van der Waals surface area contributed by atoms with Gasteiger partial charge in [-0.1, -0.05) is 51.1 Å². The number of nitrogens with zero attached hydrogens (tertiary/aromatic N) is 1. The van der Waals surface area contributed by atoms with Crippen LogP contribution in [0.15, 0.2) is 30.3 Å². The zero-order chi connectivity index (χ0) is 13.9. The van der Waals surface area contributed by atoms with Crippen LogP contribution >= 0.6 is 0 Å². The largest absolute Gasteiger partial charge is 0.315 e. The van der Waals surface area contributed by atoms with Gasteiger partial charge in [0.15, 0.2) is 0 Å². The summed E-state index contributed by atoms with van der Waals surface area (Å²) in [6, 6.07) is 11.4. The molecule has 108 valence electrons. The molecule has 0 spiro atoms. The highest BCUT2D eigenvalue weighted by atomic mass is 15.2. The van der Waals surface area contributed by atoms with E-state index < -0.39 is 0 Å². The predicted molar refractivity (Wildman–Crippen MR) is 84.5 cm³/mol. The highest BCUT2D eigenvalue weighted by molar-refractivity contribution is 5.19. The Balaban J connectivity index is 2.76. The Bertz CT molecular complexity index is 304. The van der Waals surface area contributed by atoms with E-state index in [1.165, 1.54) is 37.9 Å². The summed E-state index contributed by atoms with van der Waals surface area (Å²) in [5.41, 5.74) is 1.44. The van der Waals surface area contributed by atoms with Gasteiger partial charge < -0.3 is 5.32 Å². The van der Waals surface area contributed by atoms with E-state index in [2.05, 4.69) is 61.3 Å². The van der Waals surface area contributed by atoms with E-state index in [0.717, 1.165) is 13.1 Å². The lowest BCUT2D eigenvalue weighted by Crippen LogP contribution is -2.37. The summed E-state index contributed by atoms with van der Waals surface area (Å²) in [6.07, 6.45) is 3.64. The van der Waals surface area contributed by atoms with Crippen LogP contribution in [-0.2, 0) is 0 Å². The van der Waals surface area contributed by atoms with Gasteiger partial charge in [-0.3, -0.25) is 4.90 Å². The first-order valence-electron chi connectivity index (χ1n) is 7.83. The summed E-state index contributed by atoms with van der Waals surface area (Å²) in [5.74, 6) is 0. The summed E-state index contributed by atoms with van der Waals surface area (Å²) in [4.78, 5) is 2.62. The molecule has 0 aromatic heterocycles. The van der Waals surface area contributed by atoms with Crippen LogP contribution in [0.3, 0.4) is 0 Å². The Hall–Kier alpha value is -0.860. The van der Waals surface area contributed by atoms with Crippen molar-refractivity contribution < 1.29 is 0 Å². The van der Waals surface area contributed by atoms with Gasteiger partial charge in [0.25, 0.3) is 0 Å². The molecule has 0 radical (unpaired) electrons. The molecule has 0 aliphatic carbocycles. The van der Waals surface area contributed by atoms with Crippen LogP contribution < -0.4 is 5.32 Å². The Morgan fingerprint density at radius 2 is 1.58 bits per heavy atom. The zero-order valence-corrected chi connectivity index (χ0v) is 12.9. The maximum Gasteiger partial charge on any atom is 0.0472 e. The molecule has 0 saturated carbocycles. The van der Waals surface area contributed by atoms with Gasteiger partial charge in [-0.25, -0.2) is 0 Å². The minimum atomic E-state index is 0.507. The molecule has 0 amide bonds. The van der Waals surface area contributed by atoms with E-state index in [1.807, 2.05) is 0 Å². The van der Waals surface area contributed by atoms with Crippen molar-refractivity contribution in [3.05, 3.63) is 35.9 Å². The first-order chi connectivity index (χ1) is 9.33. The minimum absolute atomic E-state index is 0.507. The van der Waals surface area contributed by atoms with Gasteiger partial charge in [0.2, 0.25) is 0 Å². The average molecular weight is 262 g/mol. The van der Waals surface area contributed by atoms with Crippen LogP contribution in [0.4, 0.5) is 0 Å². The topological polar surface area (TPSA) is 15.3 Å². The van der Waals surface area contributed by atoms with Gasteiger partial charge in [0, 0.05) is 12.6 Å². The van der Waals surface area contributed by atoms with Crippen molar-refractivity contribution in [1.82, 2.24) is 10.2 Å². The number of nitrogens with one attached hydrogen (secondary N) is 1. The summed E-state index contributed by atoms with van der Waals surface area (Å²) in [6.45, 7) is 11.3. The van der Waals surface area contributed by atoms with Crippen LogP contribution in [0.2, 0.25) is 0 Å². The number of benzene rings is 1. The second kappa shape index (κ2) is 9.99. The molecule has 1 aromatic carbocycles. The Morgan fingerprint density at radius 1 is 0.947 bits per heavy atom. The van der Waals surface area contributed by atoms with Crippen molar-refractivity contribution >= 4 is 0 Å². The van der Waals surface area contributed by atoms with E-state index >= 15 is 0 Å². The van der Waals surface area contributed by atoms with Crippen LogP contribution in [0.25, 0.3) is 0 Å². The summed E-state index contributed by atoms with van der Waals surface area (Å²) >= 11 is 0. The molecule has 0 fully saturated rings. The molecular formula is C17H30N2. The summed E-state index contributed by atoms with van der Waals surface area (Å²) < 4.78 is 0. The van der Waals surface area contributed by atoms with Crippen molar-refractivity contribution in [3.63, 3.8) is 0 Å². The van der Waals surface area contributed by atoms with Crippen molar-refractivity contribution in [2.75, 3.05) is 26.2 Å². The fraction of sp³-hybridized carbons (Fsp3) is 0.647. The predicted octanol–water partition coefficient (Wildman–Crippen LogP) is 3.85. The molecule has 2 nitrogen and oxygen atoms in total. The zero-order valence-electron chi connectivity index (χ0n) is 12.9. The molecule has 1 aromatic rings. The molecule has 1 atom stereocenters. The normalized spacial score (nSPS) is 12.8. The van der Waals surface area contributed by atoms with E-state index in [4.69, 9.17) is 0 Å². The first-order valence-corrected chi connectivity index (χ1v) is 7.83. The van der Waals surface area contributed by atoms with Crippen molar-refractivity contribution in [2.24, 2.45) is 0 Å². The van der Waals surface area contributed by atoms with Gasteiger partial charge in [-0.2, -0.15) is 0 Å². The van der Waals surface area contributed by atoms with E-state index in [9.17, 15) is 0 Å². The molecule has 0 aliphatic rings. The lowest BCUT2D eigenvalue weighted by molar-refractivity contribution is 0.193. The highest BCUT2D eigenvalue weighted by Crippen LogP contribution is 2.20. The molecule has 1 unspecified atom stereocenters. The number of rotatable bonds is 10. The standard InChI is InChI=1S/C17H30N2/c1-4-12-18-15-17(16-10-8-7-9-11-16)19(13-5-2)14-6-3/h7-11,17-18H,4-6,12-15H2,1-3H3. The van der Waals surface area contributed by atoms with E-state index in [-0.39, 0.29) is 0 Å². The molecule has 0 aliphatic heterocycles. The lowest BCUT2D eigenvalue weighted by Gasteiger charge is -2.32. The fourth-order valence-electron chi connectivity index (χ4n) is 2.55. The fourth-order valence-corrected chi connectivity index (χ4v) is 2.55. The summed E-state index contributed by atoms with van der Waals surface area (Å²) in [5, 5.41) is 3.59. The Labute approximate surface area is 119 Å². The highest BCUT2D eigenvalue weighted by Gasteiger charge is 2.18. The van der Waals surface area contributed by atoms with Crippen LogP contribution in [0.5, 0.6) is 0 Å². The molecule has 2 heteroatoms. The Morgan fingerprint density at radius 3 is 2.11 bits per heavy atom. The van der Waals surface area contributed by atoms with Crippen LogP contribution in [0.1, 0.15) is 51.6 Å². The van der Waals surface area contributed by atoms with Crippen LogP contribution in [-0.4, -0.2) is 31.1 Å². The maximum absolute atomic E-state index is 3.59. The third kappa shape index (κ3) is 5.75. The van der Waals surface area contributed by atoms with Gasteiger partial charge in [0.05, 0.1) is 0 Å². The quantitative estimate of drug-likeness (QED) is 0.644. The van der Waals surface area contributed by atoms with E-state index in [1.54, 1.807) is 0 Å². The second-order valence-electron chi connectivity index (χ2n) is 5.17. The smallest absolute Gasteiger partial charge is 0.0472 e. The van der Waals surface area contributed by atoms with Crippen molar-refractivity contribution in [3.8, 4) is 0 Å². The number of hydrogen-bond acceptors (Lipinski definition) is 2. The molecule has 0 heterocycles. The maximum atomic E-state index is 3.59. The van der Waals surface area contributed by atoms with Crippen molar-refractivity contribution in [2.45, 2.75) is 46.1 Å². The average Bonchev–Trinajstić information content (AvgIpc) is 2.45. The Kier molecular flexibility index (Phi) is 8.52. The monoisotopic (exact) mass is 262 g/mol. The van der Waals surface area contributed by atoms with Crippen LogP contribution in [0, 0.1) is 0 Å². The second-order valence-corrected chi connectivity index (χ2v) is 5.17. The number of hydrogen-bond donors (Lipinski definition) is 1. The van der Waals surface area contributed by atoms with Gasteiger partial charge in [-0.05, 0) is 44.5 Å². The first kappa shape index (κ1) is 16.2. The molecule has 1 rings (SSSR count). The van der Waals surface area contributed by atoms with Gasteiger partial charge >= 0.3 is 0 Å². The van der Waals surface area contributed by atoms with E-state index in [0.29, 0.717) is 6.04 Å².